The van der Waals surface area contributed by atoms with Gasteiger partial charge in [-0.2, -0.15) is 0 Å². The van der Waals surface area contributed by atoms with E-state index in [1.54, 1.807) is 18.4 Å². The van der Waals surface area contributed by atoms with Crippen molar-refractivity contribution in [3.05, 3.63) is 41.2 Å². The highest BCUT2D eigenvalue weighted by Crippen LogP contribution is 2.21. The number of carbonyl (C=O) groups is 1. The van der Waals surface area contributed by atoms with Gasteiger partial charge in [-0.15, -0.1) is 0 Å². The Balaban J connectivity index is 1.68. The van der Waals surface area contributed by atoms with Gasteiger partial charge in [-0.3, -0.25) is 4.79 Å². The predicted molar refractivity (Wildman–Crippen MR) is 84.7 cm³/mol. The molecule has 6 heteroatoms. The van der Waals surface area contributed by atoms with E-state index in [0.29, 0.717) is 16.6 Å². The first kappa shape index (κ1) is 15.1. The molecule has 0 spiro atoms. The van der Waals surface area contributed by atoms with Crippen molar-refractivity contribution >= 4 is 17.5 Å². The van der Waals surface area contributed by atoms with Crippen molar-refractivity contribution in [1.82, 2.24) is 15.2 Å². The van der Waals surface area contributed by atoms with Crippen LogP contribution in [0.25, 0.3) is 11.5 Å². The lowest BCUT2D eigenvalue weighted by Crippen LogP contribution is -2.52. The fourth-order valence-electron chi connectivity index (χ4n) is 2.58. The van der Waals surface area contributed by atoms with Crippen LogP contribution in [0.1, 0.15) is 12.6 Å². The molecule has 5 nitrogen and oxygen atoms in total. The average Bonchev–Trinajstić information content (AvgIpc) is 2.97. The molecule has 3 rings (SSSR count). The number of nitrogens with one attached hydrogen (secondary N) is 1. The fourth-order valence-corrected chi connectivity index (χ4v) is 2.71. The number of nitrogens with zero attached hydrogens (tertiary/aromatic N) is 2. The van der Waals surface area contributed by atoms with E-state index in [1.807, 2.05) is 24.0 Å². The molecule has 0 bridgehead atoms. The zero-order chi connectivity index (χ0) is 15.5. The second kappa shape index (κ2) is 6.50. The Labute approximate surface area is 134 Å². The quantitative estimate of drug-likeness (QED) is 0.943. The van der Waals surface area contributed by atoms with Crippen molar-refractivity contribution in [3.8, 4) is 11.5 Å². The summed E-state index contributed by atoms with van der Waals surface area (Å²) >= 11 is 5.87. The van der Waals surface area contributed by atoms with Gasteiger partial charge in [-0.25, -0.2) is 4.98 Å². The van der Waals surface area contributed by atoms with Crippen molar-refractivity contribution in [2.75, 3.05) is 19.6 Å². The molecule has 116 valence electrons. The van der Waals surface area contributed by atoms with Crippen LogP contribution in [0, 0.1) is 0 Å². The molecule has 0 radical (unpaired) electrons. The molecule has 1 amide bonds. The van der Waals surface area contributed by atoms with Crippen LogP contribution in [-0.2, 0) is 11.2 Å². The number of benzene rings is 1. The molecule has 1 aromatic heterocycles. The fraction of sp³-hybridized carbons (Fsp3) is 0.375. The summed E-state index contributed by atoms with van der Waals surface area (Å²) in [5, 5.41) is 3.94. The lowest BCUT2D eigenvalue weighted by Gasteiger charge is -2.33. The van der Waals surface area contributed by atoms with Gasteiger partial charge in [0.2, 0.25) is 11.8 Å². The predicted octanol–water partition coefficient (Wildman–Crippen LogP) is 2.36. The molecule has 22 heavy (non-hydrogen) atoms. The van der Waals surface area contributed by atoms with Crippen LogP contribution in [-0.4, -0.2) is 41.5 Å². The minimum absolute atomic E-state index is 0.0879. The summed E-state index contributed by atoms with van der Waals surface area (Å²) in [5.74, 6) is 0.595. The number of rotatable bonds is 3. The molecule has 1 saturated heterocycles. The Morgan fingerprint density at radius 3 is 2.95 bits per heavy atom. The number of hydrogen-bond donors (Lipinski definition) is 1. The molecule has 0 unspecified atom stereocenters. The van der Waals surface area contributed by atoms with Crippen LogP contribution in [0.15, 0.2) is 34.9 Å². The molecule has 1 atom stereocenters. The first-order chi connectivity index (χ1) is 10.6. The van der Waals surface area contributed by atoms with Crippen molar-refractivity contribution in [3.63, 3.8) is 0 Å². The number of aromatic nitrogens is 1. The Kier molecular flexibility index (Phi) is 4.45. The van der Waals surface area contributed by atoms with E-state index in [1.165, 1.54) is 0 Å². The van der Waals surface area contributed by atoms with E-state index in [-0.39, 0.29) is 18.4 Å². The smallest absolute Gasteiger partial charge is 0.229 e. The molecule has 1 aromatic carbocycles. The summed E-state index contributed by atoms with van der Waals surface area (Å²) < 4.78 is 5.47. The monoisotopic (exact) mass is 319 g/mol. The second-order valence-electron chi connectivity index (χ2n) is 5.47. The van der Waals surface area contributed by atoms with E-state index >= 15 is 0 Å². The highest BCUT2D eigenvalue weighted by Gasteiger charge is 2.23. The van der Waals surface area contributed by atoms with Gasteiger partial charge in [0, 0.05) is 36.3 Å². The minimum Gasteiger partial charge on any atom is -0.444 e. The number of amides is 1. The minimum atomic E-state index is 0.0879. The van der Waals surface area contributed by atoms with Gasteiger partial charge >= 0.3 is 0 Å². The van der Waals surface area contributed by atoms with E-state index in [0.717, 1.165) is 25.2 Å². The highest BCUT2D eigenvalue weighted by atomic mass is 35.5. The molecule has 0 saturated carbocycles. The average molecular weight is 320 g/mol. The zero-order valence-electron chi connectivity index (χ0n) is 12.4. The first-order valence-electron chi connectivity index (χ1n) is 7.34. The Bertz CT molecular complexity index is 654. The summed E-state index contributed by atoms with van der Waals surface area (Å²) in [6.07, 6.45) is 1.82. The third-order valence-corrected chi connectivity index (χ3v) is 4.05. The summed E-state index contributed by atoms with van der Waals surface area (Å²) in [6, 6.07) is 7.47. The van der Waals surface area contributed by atoms with Gasteiger partial charge in [0.15, 0.2) is 0 Å². The van der Waals surface area contributed by atoms with Gasteiger partial charge in [0.05, 0.1) is 12.1 Å². The van der Waals surface area contributed by atoms with E-state index in [4.69, 9.17) is 16.0 Å². The van der Waals surface area contributed by atoms with Gasteiger partial charge in [0.25, 0.3) is 0 Å². The number of oxazole rings is 1. The maximum atomic E-state index is 12.4. The first-order valence-corrected chi connectivity index (χ1v) is 7.72. The molecular weight excluding hydrogens is 302 g/mol. The largest absolute Gasteiger partial charge is 0.444 e. The van der Waals surface area contributed by atoms with Crippen LogP contribution < -0.4 is 5.32 Å². The van der Waals surface area contributed by atoms with Crippen LogP contribution in [0.3, 0.4) is 0 Å². The molecule has 2 aromatic rings. The summed E-state index contributed by atoms with van der Waals surface area (Å²) in [7, 11) is 0. The van der Waals surface area contributed by atoms with Crippen LogP contribution in [0.4, 0.5) is 0 Å². The Hall–Kier alpha value is -1.85. The molecule has 1 aliphatic rings. The standard InChI is InChI=1S/C16H18ClN3O2/c1-11-9-18-6-7-20(11)15(21)8-14-10-22-16(19-14)12-2-4-13(17)5-3-12/h2-5,10-11,18H,6-9H2,1H3/t11-/m0/s1. The van der Waals surface area contributed by atoms with E-state index < -0.39 is 0 Å². The van der Waals surface area contributed by atoms with Crippen molar-refractivity contribution in [2.45, 2.75) is 19.4 Å². The molecule has 1 aliphatic heterocycles. The lowest BCUT2D eigenvalue weighted by molar-refractivity contribution is -0.133. The summed E-state index contributed by atoms with van der Waals surface area (Å²) in [6.45, 7) is 4.46. The van der Waals surface area contributed by atoms with E-state index in [9.17, 15) is 4.79 Å². The van der Waals surface area contributed by atoms with Gasteiger partial charge in [-0.1, -0.05) is 11.6 Å². The maximum absolute atomic E-state index is 12.4. The third-order valence-electron chi connectivity index (χ3n) is 3.80. The zero-order valence-corrected chi connectivity index (χ0v) is 13.1. The number of hydrogen-bond acceptors (Lipinski definition) is 4. The van der Waals surface area contributed by atoms with Crippen LogP contribution in [0.2, 0.25) is 5.02 Å². The van der Waals surface area contributed by atoms with Gasteiger partial charge < -0.3 is 14.6 Å². The lowest BCUT2D eigenvalue weighted by atomic mass is 10.2. The highest BCUT2D eigenvalue weighted by molar-refractivity contribution is 6.30. The number of carbonyl (C=O) groups excluding carboxylic acids is 1. The van der Waals surface area contributed by atoms with Crippen LogP contribution >= 0.6 is 11.6 Å². The van der Waals surface area contributed by atoms with Gasteiger partial charge in [0.1, 0.15) is 6.26 Å². The maximum Gasteiger partial charge on any atom is 0.229 e. The second-order valence-corrected chi connectivity index (χ2v) is 5.90. The topological polar surface area (TPSA) is 58.4 Å². The molecule has 2 heterocycles. The van der Waals surface area contributed by atoms with E-state index in [2.05, 4.69) is 10.3 Å². The van der Waals surface area contributed by atoms with Crippen molar-refractivity contribution in [2.24, 2.45) is 0 Å². The Morgan fingerprint density at radius 1 is 1.45 bits per heavy atom. The molecule has 1 fully saturated rings. The third kappa shape index (κ3) is 3.31. The molecular formula is C16H18ClN3O2. The molecule has 0 aliphatic carbocycles. The number of halogens is 1. The van der Waals surface area contributed by atoms with Crippen molar-refractivity contribution < 1.29 is 9.21 Å². The summed E-state index contributed by atoms with van der Waals surface area (Å²) in [4.78, 5) is 18.7. The summed E-state index contributed by atoms with van der Waals surface area (Å²) in [5.41, 5.74) is 1.50. The molecule has 1 N–H and O–H groups in total. The van der Waals surface area contributed by atoms with Gasteiger partial charge in [-0.05, 0) is 31.2 Å². The van der Waals surface area contributed by atoms with Crippen LogP contribution in [0.5, 0.6) is 0 Å². The number of piperazine rings is 1. The normalized spacial score (nSPS) is 18.5. The SMILES string of the molecule is C[C@H]1CNCCN1C(=O)Cc1coc(-c2ccc(Cl)cc2)n1. The van der Waals surface area contributed by atoms with Crippen molar-refractivity contribution in [1.29, 1.82) is 0 Å². The Morgan fingerprint density at radius 2 is 2.23 bits per heavy atom.